The van der Waals surface area contributed by atoms with Crippen molar-refractivity contribution < 1.29 is 9.18 Å². The molecule has 140 valence electrons. The van der Waals surface area contributed by atoms with Crippen molar-refractivity contribution in [1.82, 2.24) is 25.1 Å². The summed E-state index contributed by atoms with van der Waals surface area (Å²) in [5.41, 5.74) is 0.446. The molecule has 1 heterocycles. The van der Waals surface area contributed by atoms with Crippen LogP contribution in [0.3, 0.4) is 0 Å². The maximum absolute atomic E-state index is 13.5. The average Bonchev–Trinajstić information content (AvgIpc) is 2.98. The predicted octanol–water partition coefficient (Wildman–Crippen LogP) is 2.75. The molecule has 0 spiro atoms. The Kier molecular flexibility index (Phi) is 5.57. The molecule has 2 aromatic carbocycles. The van der Waals surface area contributed by atoms with Crippen LogP contribution in [-0.4, -0.2) is 25.7 Å². The van der Waals surface area contributed by atoms with E-state index in [1.807, 2.05) is 0 Å². The molecule has 0 saturated heterocycles. The Labute approximate surface area is 163 Å². The van der Waals surface area contributed by atoms with Gasteiger partial charge in [0.05, 0.1) is 16.8 Å². The number of hydrogen-bond acceptors (Lipinski definition) is 4. The molecule has 1 amide bonds. The van der Waals surface area contributed by atoms with Crippen molar-refractivity contribution in [2.24, 2.45) is 0 Å². The van der Waals surface area contributed by atoms with E-state index in [1.54, 1.807) is 37.3 Å². The number of carbonyl (C=O) groups excluding carboxylic acids is 1. The number of hydrogen-bond donors (Lipinski definition) is 1. The molecule has 7 nitrogen and oxygen atoms in total. The molecule has 0 saturated carbocycles. The van der Waals surface area contributed by atoms with Gasteiger partial charge in [-0.15, -0.1) is 0 Å². The summed E-state index contributed by atoms with van der Waals surface area (Å²) < 4.78 is 15.5. The van der Waals surface area contributed by atoms with Crippen LogP contribution < -0.4 is 11.0 Å². The highest BCUT2D eigenvalue weighted by atomic mass is 35.5. The van der Waals surface area contributed by atoms with Crippen LogP contribution in [0, 0.1) is 5.82 Å². The standard InChI is InChI=1S/C17H14Cl2FN5O2/c1-10(11-2-7-14(19)15(20)8-11)21-16(26)9-24-17(27)25(23-22-24)13-5-3-12(18)4-6-13/h2-8,10H,9H2,1H3,(H,21,26)/t10-/m0/s1. The lowest BCUT2D eigenvalue weighted by atomic mass is 10.1. The Morgan fingerprint density at radius 2 is 1.89 bits per heavy atom. The second-order valence-electron chi connectivity index (χ2n) is 5.77. The summed E-state index contributed by atoms with van der Waals surface area (Å²) in [5.74, 6) is -1.04. The number of aromatic nitrogens is 4. The van der Waals surface area contributed by atoms with Gasteiger partial charge in [-0.3, -0.25) is 4.79 Å². The first kappa shape index (κ1) is 19.1. The van der Waals surface area contributed by atoms with Crippen LogP contribution in [0.15, 0.2) is 47.3 Å². The number of rotatable bonds is 5. The third-order valence-electron chi connectivity index (χ3n) is 3.83. The minimum Gasteiger partial charge on any atom is -0.348 e. The fraction of sp³-hybridized carbons (Fsp3) is 0.176. The van der Waals surface area contributed by atoms with Crippen molar-refractivity contribution in [2.75, 3.05) is 0 Å². The Morgan fingerprint density at radius 3 is 2.56 bits per heavy atom. The lowest BCUT2D eigenvalue weighted by Gasteiger charge is -2.14. The van der Waals surface area contributed by atoms with Crippen LogP contribution in [0.25, 0.3) is 5.69 Å². The first-order chi connectivity index (χ1) is 12.8. The molecule has 0 aliphatic rings. The van der Waals surface area contributed by atoms with Gasteiger partial charge in [0.25, 0.3) is 0 Å². The molecule has 3 aromatic rings. The highest BCUT2D eigenvalue weighted by Crippen LogP contribution is 2.20. The van der Waals surface area contributed by atoms with Crippen molar-refractivity contribution in [3.05, 3.63) is 74.4 Å². The van der Waals surface area contributed by atoms with Crippen LogP contribution in [-0.2, 0) is 11.3 Å². The SMILES string of the molecule is C[C@H](NC(=O)Cn1nnn(-c2ccc(Cl)cc2)c1=O)c1ccc(Cl)c(F)c1. The number of nitrogens with one attached hydrogen (secondary N) is 1. The molecule has 10 heteroatoms. The fourth-order valence-corrected chi connectivity index (χ4v) is 2.65. The lowest BCUT2D eigenvalue weighted by Crippen LogP contribution is -2.34. The van der Waals surface area contributed by atoms with Gasteiger partial charge in [0, 0.05) is 5.02 Å². The zero-order valence-electron chi connectivity index (χ0n) is 14.1. The van der Waals surface area contributed by atoms with Gasteiger partial charge < -0.3 is 5.32 Å². The second kappa shape index (κ2) is 7.89. The van der Waals surface area contributed by atoms with E-state index in [1.165, 1.54) is 12.1 Å². The molecule has 0 fully saturated rings. The normalized spacial score (nSPS) is 12.0. The first-order valence-electron chi connectivity index (χ1n) is 7.88. The fourth-order valence-electron chi connectivity index (χ4n) is 2.41. The van der Waals surface area contributed by atoms with Crippen LogP contribution in [0.4, 0.5) is 4.39 Å². The highest BCUT2D eigenvalue weighted by Gasteiger charge is 2.15. The monoisotopic (exact) mass is 409 g/mol. The molecular weight excluding hydrogens is 396 g/mol. The average molecular weight is 410 g/mol. The molecule has 1 aromatic heterocycles. The van der Waals surface area contributed by atoms with Crippen molar-refractivity contribution >= 4 is 29.1 Å². The van der Waals surface area contributed by atoms with E-state index in [9.17, 15) is 14.0 Å². The maximum atomic E-state index is 13.5. The van der Waals surface area contributed by atoms with Crippen LogP contribution in [0.1, 0.15) is 18.5 Å². The lowest BCUT2D eigenvalue weighted by molar-refractivity contribution is -0.122. The van der Waals surface area contributed by atoms with E-state index in [4.69, 9.17) is 23.2 Å². The zero-order valence-corrected chi connectivity index (χ0v) is 15.6. The summed E-state index contributed by atoms with van der Waals surface area (Å²) in [5, 5.41) is 10.7. The Hall–Kier alpha value is -2.71. The molecule has 1 atom stereocenters. The number of halogens is 3. The van der Waals surface area contributed by atoms with Gasteiger partial charge >= 0.3 is 5.69 Å². The molecule has 0 aliphatic heterocycles. The molecule has 1 N–H and O–H groups in total. The van der Waals surface area contributed by atoms with Crippen LogP contribution in [0.5, 0.6) is 0 Å². The van der Waals surface area contributed by atoms with E-state index >= 15 is 0 Å². The summed E-state index contributed by atoms with van der Waals surface area (Å²) >= 11 is 11.5. The quantitative estimate of drug-likeness (QED) is 0.702. The number of carbonyl (C=O) groups is 1. The largest absolute Gasteiger partial charge is 0.368 e. The van der Waals surface area contributed by atoms with E-state index in [0.29, 0.717) is 16.3 Å². The van der Waals surface area contributed by atoms with Gasteiger partial charge in [-0.05, 0) is 59.3 Å². The van der Waals surface area contributed by atoms with Crippen molar-refractivity contribution in [2.45, 2.75) is 19.5 Å². The predicted molar refractivity (Wildman–Crippen MR) is 98.6 cm³/mol. The molecular formula is C17H14Cl2FN5O2. The van der Waals surface area contributed by atoms with Crippen LogP contribution >= 0.6 is 23.2 Å². The Balaban J connectivity index is 1.70. The van der Waals surface area contributed by atoms with E-state index in [-0.39, 0.29) is 11.6 Å². The summed E-state index contributed by atoms with van der Waals surface area (Å²) in [6, 6.07) is 10.2. The number of benzene rings is 2. The molecule has 0 unspecified atom stereocenters. The summed E-state index contributed by atoms with van der Waals surface area (Å²) in [4.78, 5) is 24.6. The molecule has 27 heavy (non-hydrogen) atoms. The van der Waals surface area contributed by atoms with Crippen molar-refractivity contribution in [3.8, 4) is 5.69 Å². The van der Waals surface area contributed by atoms with Gasteiger partial charge in [-0.25, -0.2) is 9.18 Å². The third kappa shape index (κ3) is 4.35. The van der Waals surface area contributed by atoms with Gasteiger partial charge in [-0.2, -0.15) is 9.36 Å². The molecule has 0 radical (unpaired) electrons. The van der Waals surface area contributed by atoms with Crippen molar-refractivity contribution in [3.63, 3.8) is 0 Å². The van der Waals surface area contributed by atoms with E-state index < -0.39 is 23.5 Å². The van der Waals surface area contributed by atoms with Gasteiger partial charge in [0.15, 0.2) is 0 Å². The molecule has 0 aliphatic carbocycles. The van der Waals surface area contributed by atoms with Gasteiger partial charge in [0.2, 0.25) is 5.91 Å². The smallest absolute Gasteiger partial charge is 0.348 e. The van der Waals surface area contributed by atoms with E-state index in [0.717, 1.165) is 9.36 Å². The molecule has 0 bridgehead atoms. The Morgan fingerprint density at radius 1 is 1.19 bits per heavy atom. The zero-order chi connectivity index (χ0) is 19.6. The molecule has 3 rings (SSSR count). The summed E-state index contributed by atoms with van der Waals surface area (Å²) in [7, 11) is 0. The van der Waals surface area contributed by atoms with Crippen LogP contribution in [0.2, 0.25) is 10.0 Å². The number of tetrazole rings is 1. The third-order valence-corrected chi connectivity index (χ3v) is 4.38. The van der Waals surface area contributed by atoms with Gasteiger partial charge in [0.1, 0.15) is 12.4 Å². The highest BCUT2D eigenvalue weighted by molar-refractivity contribution is 6.30. The number of nitrogens with zero attached hydrogens (tertiary/aromatic N) is 4. The van der Waals surface area contributed by atoms with Gasteiger partial charge in [-0.1, -0.05) is 29.3 Å². The van der Waals surface area contributed by atoms with Crippen molar-refractivity contribution in [1.29, 1.82) is 0 Å². The van der Waals surface area contributed by atoms with E-state index in [2.05, 4.69) is 15.7 Å². The first-order valence-corrected chi connectivity index (χ1v) is 8.64. The summed E-state index contributed by atoms with van der Waals surface area (Å²) in [6.45, 7) is 1.36. The minimum atomic E-state index is -0.572. The minimum absolute atomic E-state index is 0.00245. The second-order valence-corrected chi connectivity index (χ2v) is 6.61. The Bertz CT molecular complexity index is 1030. The topological polar surface area (TPSA) is 81.8 Å². The number of amides is 1. The maximum Gasteiger partial charge on any atom is 0.368 e. The summed E-state index contributed by atoms with van der Waals surface area (Å²) in [6.07, 6.45) is 0.